The first-order chi connectivity index (χ1) is 11.5. The van der Waals surface area contributed by atoms with Crippen LogP contribution >= 0.6 is 0 Å². The lowest BCUT2D eigenvalue weighted by Gasteiger charge is -2.11. The van der Waals surface area contributed by atoms with Gasteiger partial charge in [-0.25, -0.2) is 9.37 Å². The number of nitrogens with zero attached hydrogens (tertiary/aromatic N) is 2. The predicted octanol–water partition coefficient (Wildman–Crippen LogP) is 5.06. The molecule has 0 saturated heterocycles. The van der Waals surface area contributed by atoms with Gasteiger partial charge in [0.15, 0.2) is 0 Å². The van der Waals surface area contributed by atoms with Gasteiger partial charge >= 0.3 is 0 Å². The van der Waals surface area contributed by atoms with Crippen molar-refractivity contribution in [2.75, 3.05) is 5.32 Å². The number of fused-ring (bicyclic) bond motifs is 1. The number of pyridine rings is 1. The lowest BCUT2D eigenvalue weighted by Crippen LogP contribution is -2.06. The minimum Gasteiger partial charge on any atom is -0.365 e. The summed E-state index contributed by atoms with van der Waals surface area (Å²) < 4.78 is 15.4. The second-order valence-corrected chi connectivity index (χ2v) is 6.75. The zero-order valence-electron chi connectivity index (χ0n) is 14.7. The van der Waals surface area contributed by atoms with E-state index >= 15 is 0 Å². The Morgan fingerprint density at radius 2 is 1.83 bits per heavy atom. The topological polar surface area (TPSA) is 29.9 Å². The van der Waals surface area contributed by atoms with Crippen molar-refractivity contribution in [3.63, 3.8) is 0 Å². The quantitative estimate of drug-likeness (QED) is 0.710. The summed E-state index contributed by atoms with van der Waals surface area (Å²) in [7, 11) is 0. The van der Waals surface area contributed by atoms with Crippen molar-refractivity contribution in [2.24, 2.45) is 5.92 Å². The largest absolute Gasteiger partial charge is 0.365 e. The highest BCUT2D eigenvalue weighted by molar-refractivity contribution is 5.94. The Hall–Kier alpha value is -2.36. The summed E-state index contributed by atoms with van der Waals surface area (Å²) in [4.78, 5) is 4.54. The van der Waals surface area contributed by atoms with E-state index in [4.69, 9.17) is 0 Å². The van der Waals surface area contributed by atoms with Crippen molar-refractivity contribution in [3.05, 3.63) is 59.2 Å². The summed E-state index contributed by atoms with van der Waals surface area (Å²) in [5.74, 6) is 1.26. The van der Waals surface area contributed by atoms with E-state index in [9.17, 15) is 4.39 Å². The Bertz CT molecular complexity index is 847. The number of hydrogen-bond acceptors (Lipinski definition) is 2. The summed E-state index contributed by atoms with van der Waals surface area (Å²) in [5, 5.41) is 4.59. The van der Waals surface area contributed by atoms with Crippen molar-refractivity contribution in [2.45, 2.75) is 40.8 Å². The second kappa shape index (κ2) is 6.63. The van der Waals surface area contributed by atoms with Crippen LogP contribution in [0.3, 0.4) is 0 Å². The first-order valence-electron chi connectivity index (χ1n) is 8.40. The molecular formula is C20H24FN3. The molecule has 4 heteroatoms. The Kier molecular flexibility index (Phi) is 4.56. The number of halogens is 1. The number of aromatic nitrogens is 2. The van der Waals surface area contributed by atoms with Gasteiger partial charge in [0, 0.05) is 30.4 Å². The molecule has 0 atom stereocenters. The molecule has 0 spiro atoms. The van der Waals surface area contributed by atoms with Gasteiger partial charge in [-0.1, -0.05) is 26.0 Å². The number of aryl methyl sites for hydroxylation is 1. The van der Waals surface area contributed by atoms with Gasteiger partial charge in [0.1, 0.15) is 11.6 Å². The zero-order valence-corrected chi connectivity index (χ0v) is 14.7. The zero-order chi connectivity index (χ0) is 17.3. The van der Waals surface area contributed by atoms with Crippen molar-refractivity contribution < 1.29 is 4.39 Å². The van der Waals surface area contributed by atoms with Gasteiger partial charge in [0.25, 0.3) is 0 Å². The highest BCUT2D eigenvalue weighted by atomic mass is 19.1. The van der Waals surface area contributed by atoms with E-state index in [1.54, 1.807) is 12.1 Å². The summed E-state index contributed by atoms with van der Waals surface area (Å²) in [6.45, 7) is 10.4. The van der Waals surface area contributed by atoms with Gasteiger partial charge in [0.05, 0.1) is 5.52 Å². The number of rotatable bonds is 5. The lowest BCUT2D eigenvalue weighted by atomic mass is 10.1. The summed E-state index contributed by atoms with van der Waals surface area (Å²) in [6.07, 6.45) is 1.85. The maximum Gasteiger partial charge on any atom is 0.135 e. The van der Waals surface area contributed by atoms with Crippen molar-refractivity contribution in [3.8, 4) is 0 Å². The molecule has 0 unspecified atom stereocenters. The van der Waals surface area contributed by atoms with Gasteiger partial charge in [-0.05, 0) is 49.1 Å². The average molecular weight is 325 g/mol. The van der Waals surface area contributed by atoms with Crippen LogP contribution in [0.25, 0.3) is 10.9 Å². The van der Waals surface area contributed by atoms with Crippen LogP contribution in [-0.4, -0.2) is 9.55 Å². The van der Waals surface area contributed by atoms with E-state index in [0.717, 1.165) is 17.9 Å². The second-order valence-electron chi connectivity index (χ2n) is 6.75. The molecular weight excluding hydrogens is 301 g/mol. The maximum absolute atomic E-state index is 13.0. The average Bonchev–Trinajstić information content (AvgIpc) is 2.79. The molecule has 0 amide bonds. The van der Waals surface area contributed by atoms with E-state index in [2.05, 4.69) is 48.6 Å². The van der Waals surface area contributed by atoms with E-state index in [1.807, 2.05) is 6.20 Å². The van der Waals surface area contributed by atoms with Gasteiger partial charge in [-0.15, -0.1) is 0 Å². The van der Waals surface area contributed by atoms with Gasteiger partial charge in [-0.3, -0.25) is 0 Å². The molecule has 0 radical (unpaired) electrons. The molecule has 0 aliphatic heterocycles. The Balaban J connectivity index is 1.95. The van der Waals surface area contributed by atoms with E-state index in [-0.39, 0.29) is 5.82 Å². The summed E-state index contributed by atoms with van der Waals surface area (Å²) >= 11 is 0. The third-order valence-corrected chi connectivity index (χ3v) is 4.46. The third kappa shape index (κ3) is 3.14. The third-order valence-electron chi connectivity index (χ3n) is 4.46. The van der Waals surface area contributed by atoms with Crippen LogP contribution in [-0.2, 0) is 13.1 Å². The molecule has 0 saturated carbocycles. The van der Waals surface area contributed by atoms with Crippen LogP contribution in [0.5, 0.6) is 0 Å². The molecule has 0 fully saturated rings. The lowest BCUT2D eigenvalue weighted by molar-refractivity contribution is 0.527. The molecule has 0 bridgehead atoms. The maximum atomic E-state index is 13.0. The monoisotopic (exact) mass is 325 g/mol. The number of anilines is 1. The molecule has 126 valence electrons. The van der Waals surface area contributed by atoms with Crippen LogP contribution in [0.1, 0.15) is 30.7 Å². The normalized spacial score (nSPS) is 11.4. The minimum absolute atomic E-state index is 0.212. The Labute approximate surface area is 142 Å². The van der Waals surface area contributed by atoms with Crippen molar-refractivity contribution >= 4 is 16.7 Å². The summed E-state index contributed by atoms with van der Waals surface area (Å²) in [6, 6.07) is 8.65. The standard InChI is InChI=1S/C20H24FN3/c1-13(2)12-24-15(4)14(3)19-18(24)9-10-22-20(19)23-11-16-5-7-17(21)8-6-16/h5-10,13H,11-12H2,1-4H3,(H,22,23). The SMILES string of the molecule is Cc1c(C)n(CC(C)C)c2ccnc(NCc3ccc(F)cc3)c12. The first kappa shape index (κ1) is 16.5. The van der Waals surface area contributed by atoms with Gasteiger partial charge < -0.3 is 9.88 Å². The number of benzene rings is 1. The predicted molar refractivity (Wildman–Crippen MR) is 97.8 cm³/mol. The van der Waals surface area contributed by atoms with Gasteiger partial charge in [-0.2, -0.15) is 0 Å². The van der Waals surface area contributed by atoms with Crippen LogP contribution in [0.15, 0.2) is 36.5 Å². The molecule has 24 heavy (non-hydrogen) atoms. The van der Waals surface area contributed by atoms with Crippen molar-refractivity contribution in [1.82, 2.24) is 9.55 Å². The first-order valence-corrected chi connectivity index (χ1v) is 8.40. The molecule has 1 aromatic carbocycles. The van der Waals surface area contributed by atoms with E-state index < -0.39 is 0 Å². The fourth-order valence-corrected chi connectivity index (χ4v) is 3.13. The molecule has 2 aromatic heterocycles. The fourth-order valence-electron chi connectivity index (χ4n) is 3.13. The number of nitrogens with one attached hydrogen (secondary N) is 1. The smallest absolute Gasteiger partial charge is 0.135 e. The van der Waals surface area contributed by atoms with Crippen LogP contribution in [0.2, 0.25) is 0 Å². The van der Waals surface area contributed by atoms with E-state index in [0.29, 0.717) is 12.5 Å². The van der Waals surface area contributed by atoms with Crippen LogP contribution < -0.4 is 5.32 Å². The molecule has 2 heterocycles. The Morgan fingerprint density at radius 1 is 1.12 bits per heavy atom. The van der Waals surface area contributed by atoms with Crippen molar-refractivity contribution in [1.29, 1.82) is 0 Å². The molecule has 3 rings (SSSR count). The fraction of sp³-hybridized carbons (Fsp3) is 0.350. The Morgan fingerprint density at radius 3 is 2.50 bits per heavy atom. The molecule has 0 aliphatic carbocycles. The summed E-state index contributed by atoms with van der Waals surface area (Å²) in [5.41, 5.74) is 4.80. The molecule has 0 aliphatic rings. The number of hydrogen-bond donors (Lipinski definition) is 1. The molecule has 3 aromatic rings. The highest BCUT2D eigenvalue weighted by Gasteiger charge is 2.15. The van der Waals surface area contributed by atoms with Crippen LogP contribution in [0, 0.1) is 25.6 Å². The van der Waals surface area contributed by atoms with E-state index in [1.165, 1.54) is 34.3 Å². The highest BCUT2D eigenvalue weighted by Crippen LogP contribution is 2.30. The minimum atomic E-state index is -0.212. The van der Waals surface area contributed by atoms with Gasteiger partial charge in [0.2, 0.25) is 0 Å². The van der Waals surface area contributed by atoms with Crippen LogP contribution in [0.4, 0.5) is 10.2 Å². The molecule has 3 nitrogen and oxygen atoms in total. The molecule has 1 N–H and O–H groups in total.